The fourth-order valence-corrected chi connectivity index (χ4v) is 2.94. The number of hydrogen-bond donors (Lipinski definition) is 2. The second-order valence-corrected chi connectivity index (χ2v) is 6.60. The Kier molecular flexibility index (Phi) is 8.60. The molecule has 2 aromatic carbocycles. The van der Waals surface area contributed by atoms with E-state index < -0.39 is 17.6 Å². The zero-order chi connectivity index (χ0) is 21.2. The molecule has 0 aromatic heterocycles. The Balaban J connectivity index is 1.84. The van der Waals surface area contributed by atoms with E-state index in [4.69, 9.17) is 9.47 Å². The van der Waals surface area contributed by atoms with Gasteiger partial charge >= 0.3 is 0 Å². The number of nitrogens with zero attached hydrogens (tertiary/aromatic N) is 1. The summed E-state index contributed by atoms with van der Waals surface area (Å²) in [6, 6.07) is 9.13. The summed E-state index contributed by atoms with van der Waals surface area (Å²) < 4.78 is 25.0. The molecule has 2 aromatic rings. The molecule has 0 saturated carbocycles. The first-order chi connectivity index (χ1) is 14.0. The van der Waals surface area contributed by atoms with Crippen molar-refractivity contribution in [1.82, 2.24) is 10.7 Å². The first kappa shape index (κ1) is 22.4. The van der Waals surface area contributed by atoms with Gasteiger partial charge in [0, 0.05) is 13.0 Å². The molecule has 0 saturated heterocycles. The number of halogens is 2. The van der Waals surface area contributed by atoms with E-state index >= 15 is 0 Å². The minimum absolute atomic E-state index is 0.00612. The molecule has 2 amide bonds. The maximum atomic E-state index is 13.5. The van der Waals surface area contributed by atoms with E-state index in [2.05, 4.69) is 31.8 Å². The number of nitrogens with one attached hydrogen (secondary N) is 2. The number of carbonyl (C=O) groups excluding carboxylic acids is 2. The van der Waals surface area contributed by atoms with Crippen LogP contribution in [0.5, 0.6) is 11.5 Å². The lowest BCUT2D eigenvalue weighted by Crippen LogP contribution is -2.29. The third kappa shape index (κ3) is 6.56. The third-order valence-corrected chi connectivity index (χ3v) is 4.29. The SMILES string of the molecule is CCOc1c(Br)cc(C=NNC(=O)CCNC(=O)c2ccccc2F)cc1OC. The summed E-state index contributed by atoms with van der Waals surface area (Å²) in [6.45, 7) is 2.42. The van der Waals surface area contributed by atoms with Gasteiger partial charge in [-0.15, -0.1) is 0 Å². The summed E-state index contributed by atoms with van der Waals surface area (Å²) in [4.78, 5) is 23.7. The molecule has 0 aliphatic rings. The molecule has 0 aliphatic heterocycles. The summed E-state index contributed by atoms with van der Waals surface area (Å²) >= 11 is 3.41. The van der Waals surface area contributed by atoms with E-state index in [9.17, 15) is 14.0 Å². The number of rotatable bonds is 9. The van der Waals surface area contributed by atoms with Crippen molar-refractivity contribution in [3.8, 4) is 11.5 Å². The van der Waals surface area contributed by atoms with Crippen LogP contribution in [0.25, 0.3) is 0 Å². The van der Waals surface area contributed by atoms with Crippen LogP contribution in [0, 0.1) is 5.82 Å². The van der Waals surface area contributed by atoms with Gasteiger partial charge in [0.15, 0.2) is 11.5 Å². The standard InChI is InChI=1S/C20H21BrFN3O4/c1-3-29-19-15(21)10-13(11-17(19)28-2)12-24-25-18(26)8-9-23-20(27)14-6-4-5-7-16(14)22/h4-7,10-12H,3,8-9H2,1-2H3,(H,23,27)(H,25,26). The van der Waals surface area contributed by atoms with Gasteiger partial charge in [-0.1, -0.05) is 12.1 Å². The predicted molar refractivity (Wildman–Crippen MR) is 111 cm³/mol. The summed E-state index contributed by atoms with van der Waals surface area (Å²) in [5.74, 6) is -0.472. The number of hydrogen-bond acceptors (Lipinski definition) is 5. The second-order valence-electron chi connectivity index (χ2n) is 5.75. The van der Waals surface area contributed by atoms with Gasteiger partial charge < -0.3 is 14.8 Å². The summed E-state index contributed by atoms with van der Waals surface area (Å²) in [6.07, 6.45) is 1.45. The lowest BCUT2D eigenvalue weighted by atomic mass is 10.2. The van der Waals surface area contributed by atoms with E-state index in [0.717, 1.165) is 0 Å². The van der Waals surface area contributed by atoms with Crippen LogP contribution in [-0.4, -0.2) is 38.3 Å². The molecule has 0 unspecified atom stereocenters. The molecule has 2 N–H and O–H groups in total. The smallest absolute Gasteiger partial charge is 0.254 e. The van der Waals surface area contributed by atoms with Gasteiger partial charge in [0.25, 0.3) is 5.91 Å². The quantitative estimate of drug-likeness (QED) is 0.439. The second kappa shape index (κ2) is 11.2. The Bertz CT molecular complexity index is 905. The first-order valence-corrected chi connectivity index (χ1v) is 9.60. The van der Waals surface area contributed by atoms with Crippen molar-refractivity contribution in [1.29, 1.82) is 0 Å². The van der Waals surface area contributed by atoms with Crippen molar-refractivity contribution < 1.29 is 23.5 Å². The van der Waals surface area contributed by atoms with E-state index in [1.807, 2.05) is 6.92 Å². The van der Waals surface area contributed by atoms with Crippen LogP contribution in [0.15, 0.2) is 46.0 Å². The van der Waals surface area contributed by atoms with Crippen molar-refractivity contribution in [2.75, 3.05) is 20.3 Å². The highest BCUT2D eigenvalue weighted by molar-refractivity contribution is 9.10. The van der Waals surface area contributed by atoms with Crippen LogP contribution in [0.2, 0.25) is 0 Å². The highest BCUT2D eigenvalue weighted by Gasteiger charge is 2.12. The summed E-state index contributed by atoms with van der Waals surface area (Å²) in [7, 11) is 1.53. The fourth-order valence-electron chi connectivity index (χ4n) is 2.36. The number of carbonyl (C=O) groups is 2. The fraction of sp³-hybridized carbons (Fsp3) is 0.250. The van der Waals surface area contributed by atoms with Gasteiger partial charge in [0.1, 0.15) is 5.82 Å². The highest BCUT2D eigenvalue weighted by Crippen LogP contribution is 2.36. The van der Waals surface area contributed by atoms with Gasteiger partial charge in [0.2, 0.25) is 5.91 Å². The van der Waals surface area contributed by atoms with Crippen molar-refractivity contribution >= 4 is 34.0 Å². The van der Waals surface area contributed by atoms with E-state index in [-0.39, 0.29) is 18.5 Å². The molecule has 0 fully saturated rings. The van der Waals surface area contributed by atoms with Gasteiger partial charge in [-0.05, 0) is 52.7 Å². The number of hydrazone groups is 1. The molecule has 0 spiro atoms. The van der Waals surface area contributed by atoms with Crippen LogP contribution < -0.4 is 20.2 Å². The number of methoxy groups -OCH3 is 1. The molecule has 29 heavy (non-hydrogen) atoms. The van der Waals surface area contributed by atoms with Crippen molar-refractivity contribution in [3.63, 3.8) is 0 Å². The predicted octanol–water partition coefficient (Wildman–Crippen LogP) is 3.27. The molecule has 0 aliphatic carbocycles. The van der Waals surface area contributed by atoms with Crippen LogP contribution >= 0.6 is 15.9 Å². The Morgan fingerprint density at radius 3 is 2.72 bits per heavy atom. The van der Waals surface area contributed by atoms with Crippen LogP contribution in [0.3, 0.4) is 0 Å². The molecule has 0 atom stereocenters. The highest BCUT2D eigenvalue weighted by atomic mass is 79.9. The van der Waals surface area contributed by atoms with Crippen molar-refractivity contribution in [2.45, 2.75) is 13.3 Å². The number of ether oxygens (including phenoxy) is 2. The normalized spacial score (nSPS) is 10.6. The topological polar surface area (TPSA) is 89.0 Å². The monoisotopic (exact) mass is 465 g/mol. The average molecular weight is 466 g/mol. The summed E-state index contributed by atoms with van der Waals surface area (Å²) in [5, 5.41) is 6.38. The minimum Gasteiger partial charge on any atom is -0.493 e. The molecule has 154 valence electrons. The molecule has 9 heteroatoms. The molecule has 0 bridgehead atoms. The van der Waals surface area contributed by atoms with Gasteiger partial charge in [-0.25, -0.2) is 9.82 Å². The van der Waals surface area contributed by atoms with Gasteiger partial charge in [-0.3, -0.25) is 9.59 Å². The lowest BCUT2D eigenvalue weighted by molar-refractivity contribution is -0.120. The Morgan fingerprint density at radius 1 is 1.28 bits per heavy atom. The van der Waals surface area contributed by atoms with Crippen molar-refractivity contribution in [2.24, 2.45) is 5.10 Å². The van der Waals surface area contributed by atoms with Crippen LogP contribution in [-0.2, 0) is 4.79 Å². The van der Waals surface area contributed by atoms with Gasteiger partial charge in [0.05, 0.1) is 30.0 Å². The zero-order valence-electron chi connectivity index (χ0n) is 16.0. The first-order valence-electron chi connectivity index (χ1n) is 8.81. The molecular formula is C20H21BrFN3O4. The molecule has 2 rings (SSSR count). The summed E-state index contributed by atoms with van der Waals surface area (Å²) in [5.41, 5.74) is 2.99. The maximum absolute atomic E-state index is 13.5. The third-order valence-electron chi connectivity index (χ3n) is 3.70. The molecule has 0 radical (unpaired) electrons. The Hall–Kier alpha value is -2.94. The largest absolute Gasteiger partial charge is 0.493 e. The molecule has 7 nitrogen and oxygen atoms in total. The van der Waals surface area contributed by atoms with Crippen LogP contribution in [0.1, 0.15) is 29.3 Å². The number of benzene rings is 2. The van der Waals surface area contributed by atoms with Crippen molar-refractivity contribution in [3.05, 3.63) is 57.8 Å². The Labute approximate surface area is 176 Å². The van der Waals surface area contributed by atoms with E-state index in [1.54, 1.807) is 18.2 Å². The number of amides is 2. The minimum atomic E-state index is -0.615. The molecule has 0 heterocycles. The Morgan fingerprint density at radius 2 is 2.03 bits per heavy atom. The van der Waals surface area contributed by atoms with Crippen LogP contribution in [0.4, 0.5) is 4.39 Å². The average Bonchev–Trinajstić information content (AvgIpc) is 2.70. The van der Waals surface area contributed by atoms with E-state index in [0.29, 0.717) is 28.1 Å². The zero-order valence-corrected chi connectivity index (χ0v) is 17.6. The van der Waals surface area contributed by atoms with Gasteiger partial charge in [-0.2, -0.15) is 5.10 Å². The lowest BCUT2D eigenvalue weighted by Gasteiger charge is -2.11. The molecular weight excluding hydrogens is 445 g/mol. The van der Waals surface area contributed by atoms with E-state index in [1.165, 1.54) is 31.5 Å². The maximum Gasteiger partial charge on any atom is 0.254 e.